The lowest BCUT2D eigenvalue weighted by atomic mass is 10.0. The van der Waals surface area contributed by atoms with Gasteiger partial charge in [0.25, 0.3) is 6.29 Å². The van der Waals surface area contributed by atoms with Gasteiger partial charge in [0.05, 0.1) is 34.4 Å². The van der Waals surface area contributed by atoms with Crippen molar-refractivity contribution >= 4 is 17.9 Å². The quantitative estimate of drug-likeness (QED) is 0.0211. The number of nitrogens with zero attached hydrogens (tertiary/aromatic N) is 1. The van der Waals surface area contributed by atoms with Crippen molar-refractivity contribution < 1.29 is 42.9 Å². The zero-order valence-corrected chi connectivity index (χ0v) is 56.9. The fourth-order valence-electron chi connectivity index (χ4n) is 9.83. The van der Waals surface area contributed by atoms with Crippen molar-refractivity contribution in [2.24, 2.45) is 0 Å². The number of esters is 2. The van der Waals surface area contributed by atoms with Crippen LogP contribution in [0, 0.1) is 0 Å². The molecule has 0 spiro atoms. The minimum atomic E-state index is -1.52. The molecular formula is C78H134NO8+. The molecule has 0 fully saturated rings. The highest BCUT2D eigenvalue weighted by Gasteiger charge is 2.25. The molecule has 0 heterocycles. The van der Waals surface area contributed by atoms with Crippen LogP contribution < -0.4 is 0 Å². The first-order chi connectivity index (χ1) is 42.6. The molecule has 0 saturated carbocycles. The highest BCUT2D eigenvalue weighted by Crippen LogP contribution is 2.18. The summed E-state index contributed by atoms with van der Waals surface area (Å²) < 4.78 is 23.0. The van der Waals surface area contributed by atoms with Crippen molar-refractivity contribution in [3.8, 4) is 0 Å². The molecule has 0 aromatic carbocycles. The van der Waals surface area contributed by atoms with E-state index in [2.05, 4.69) is 135 Å². The van der Waals surface area contributed by atoms with Crippen LogP contribution in [0.5, 0.6) is 0 Å². The Kier molecular flexibility index (Phi) is 64.3. The van der Waals surface area contributed by atoms with Gasteiger partial charge in [0.2, 0.25) is 0 Å². The second-order valence-corrected chi connectivity index (χ2v) is 24.8. The van der Waals surface area contributed by atoms with Crippen LogP contribution in [-0.4, -0.2) is 87.4 Å². The average Bonchev–Trinajstić information content (AvgIpc) is 3.59. The maximum Gasteiger partial charge on any atom is 0.361 e. The predicted octanol–water partition coefficient (Wildman–Crippen LogP) is 22.4. The third-order valence-electron chi connectivity index (χ3n) is 15.2. The smallest absolute Gasteiger partial charge is 0.361 e. The van der Waals surface area contributed by atoms with Crippen molar-refractivity contribution in [1.29, 1.82) is 0 Å². The highest BCUT2D eigenvalue weighted by atomic mass is 16.7. The van der Waals surface area contributed by atoms with E-state index in [4.69, 9.17) is 18.9 Å². The molecule has 0 aliphatic carbocycles. The van der Waals surface area contributed by atoms with Gasteiger partial charge in [-0.15, -0.1) is 0 Å². The standard InChI is InChI=1S/C78H133NO8/c1-6-8-10-12-14-16-18-20-22-24-26-28-29-30-31-32-33-34-35-36-37-38-39-40-41-42-43-44-45-46-47-49-51-53-55-57-59-61-63-65-67-69-76(81)87-74(73-86-78(77(82)83)84-71-70-79(3,4)5)72-85-75(80)68-66-64-62-60-58-56-54-52-50-48-27-25-23-21-19-17-15-13-11-9-7-2/h8-11,14-17,20-23,26-28,30-31,33-34,48,74,78H,6-7,12-13,18-19,24-25,29,32,35-47,49-73H2,1-5H3/p+1/b10-8-,11-9-,16-14-,17-15-,22-20-,23-21-,28-26-,31-30-,34-33-,48-27-. The zero-order chi connectivity index (χ0) is 63.3. The summed E-state index contributed by atoms with van der Waals surface area (Å²) in [6.45, 7) is 4.66. The van der Waals surface area contributed by atoms with E-state index in [1.54, 1.807) is 0 Å². The van der Waals surface area contributed by atoms with Gasteiger partial charge in [0.15, 0.2) is 6.10 Å². The second-order valence-electron chi connectivity index (χ2n) is 24.8. The number of unbranched alkanes of at least 4 members (excludes halogenated alkanes) is 30. The van der Waals surface area contributed by atoms with E-state index >= 15 is 0 Å². The molecule has 0 aromatic heterocycles. The van der Waals surface area contributed by atoms with Crippen LogP contribution in [0.15, 0.2) is 122 Å². The van der Waals surface area contributed by atoms with Gasteiger partial charge < -0.3 is 28.5 Å². The van der Waals surface area contributed by atoms with Gasteiger partial charge in [-0.2, -0.15) is 0 Å². The van der Waals surface area contributed by atoms with Crippen molar-refractivity contribution in [2.45, 2.75) is 309 Å². The van der Waals surface area contributed by atoms with Gasteiger partial charge in [0.1, 0.15) is 13.2 Å². The summed E-state index contributed by atoms with van der Waals surface area (Å²) in [4.78, 5) is 37.6. The molecule has 9 heteroatoms. The van der Waals surface area contributed by atoms with E-state index in [-0.39, 0.29) is 38.6 Å². The number of carboxylic acid groups (broad SMARTS) is 1. The molecule has 1 N–H and O–H groups in total. The summed E-state index contributed by atoms with van der Waals surface area (Å²) in [6.07, 6.45) is 93.2. The number of rotatable bonds is 65. The predicted molar refractivity (Wildman–Crippen MR) is 373 cm³/mol. The van der Waals surface area contributed by atoms with E-state index in [0.717, 1.165) is 116 Å². The van der Waals surface area contributed by atoms with Gasteiger partial charge in [-0.25, -0.2) is 4.79 Å². The Bertz CT molecular complexity index is 1840. The molecule has 0 radical (unpaired) electrons. The second kappa shape index (κ2) is 67.6. The Balaban J connectivity index is 4.02. The summed E-state index contributed by atoms with van der Waals surface area (Å²) >= 11 is 0. The lowest BCUT2D eigenvalue weighted by molar-refractivity contribution is -0.870. The molecule has 0 bridgehead atoms. The number of carboxylic acids is 1. The Labute approximate surface area is 536 Å². The minimum absolute atomic E-state index is 0.183. The van der Waals surface area contributed by atoms with E-state index in [0.29, 0.717) is 11.0 Å². The zero-order valence-electron chi connectivity index (χ0n) is 56.9. The third-order valence-corrected chi connectivity index (χ3v) is 15.2. The van der Waals surface area contributed by atoms with Crippen LogP contribution in [0.3, 0.4) is 0 Å². The molecule has 0 saturated heterocycles. The molecule has 2 unspecified atom stereocenters. The first kappa shape index (κ1) is 82.7. The van der Waals surface area contributed by atoms with Crippen LogP contribution in [0.1, 0.15) is 296 Å². The lowest BCUT2D eigenvalue weighted by Crippen LogP contribution is -2.40. The molecule has 9 nitrogen and oxygen atoms in total. The summed E-state index contributed by atoms with van der Waals surface area (Å²) in [5, 5.41) is 9.74. The van der Waals surface area contributed by atoms with Crippen LogP contribution in [0.4, 0.5) is 0 Å². The van der Waals surface area contributed by atoms with Crippen LogP contribution in [-0.2, 0) is 33.3 Å². The number of ether oxygens (including phenoxy) is 4. The third kappa shape index (κ3) is 69.0. The molecule has 498 valence electrons. The monoisotopic (exact) mass is 1210 g/mol. The number of allylic oxidation sites excluding steroid dienone is 20. The van der Waals surface area contributed by atoms with Crippen molar-refractivity contribution in [3.05, 3.63) is 122 Å². The fraction of sp³-hybridized carbons (Fsp3) is 0.705. The fourth-order valence-corrected chi connectivity index (χ4v) is 9.83. The molecule has 0 amide bonds. The number of quaternary nitrogens is 1. The minimum Gasteiger partial charge on any atom is -0.477 e. The topological polar surface area (TPSA) is 108 Å². The summed E-state index contributed by atoms with van der Waals surface area (Å²) in [5.41, 5.74) is 0. The van der Waals surface area contributed by atoms with E-state index in [9.17, 15) is 19.5 Å². The number of aliphatic carboxylic acids is 1. The first-order valence-corrected chi connectivity index (χ1v) is 35.7. The van der Waals surface area contributed by atoms with Gasteiger partial charge in [0, 0.05) is 12.8 Å². The number of carbonyl (C=O) groups is 3. The molecule has 2 atom stereocenters. The van der Waals surface area contributed by atoms with Crippen LogP contribution in [0.25, 0.3) is 0 Å². The van der Waals surface area contributed by atoms with Crippen molar-refractivity contribution in [2.75, 3.05) is 47.5 Å². The van der Waals surface area contributed by atoms with Gasteiger partial charge >= 0.3 is 17.9 Å². The van der Waals surface area contributed by atoms with E-state index in [1.807, 2.05) is 21.1 Å². The van der Waals surface area contributed by atoms with Crippen molar-refractivity contribution in [1.82, 2.24) is 0 Å². The molecule has 0 aliphatic heterocycles. The highest BCUT2D eigenvalue weighted by molar-refractivity contribution is 5.71. The van der Waals surface area contributed by atoms with E-state index < -0.39 is 24.3 Å². The Hall–Kier alpha value is -4.31. The normalized spacial score (nSPS) is 13.4. The summed E-state index contributed by atoms with van der Waals surface area (Å²) in [6, 6.07) is 0. The van der Waals surface area contributed by atoms with Crippen LogP contribution >= 0.6 is 0 Å². The summed E-state index contributed by atoms with van der Waals surface area (Å²) in [7, 11) is 5.97. The SMILES string of the molecule is CC/C=C\C/C=C\C/C=C\C/C=C\C/C=C\C/C=C\CCCCCCCCCCCCCCCCCCCCCCCCC(=O)OC(COC(=O)CCCCCCCCCC/C=C\C/C=C\C/C=C\C/C=C\CC)COC(OCC[N+](C)(C)C)C(=O)O. The van der Waals surface area contributed by atoms with Crippen molar-refractivity contribution in [3.63, 3.8) is 0 Å². The Morgan fingerprint density at radius 1 is 0.345 bits per heavy atom. The molecular weight excluding hydrogens is 1080 g/mol. The number of likely N-dealkylation sites (N-methyl/N-ethyl adjacent to an activating group) is 1. The van der Waals surface area contributed by atoms with Gasteiger partial charge in [-0.3, -0.25) is 9.59 Å². The molecule has 87 heavy (non-hydrogen) atoms. The van der Waals surface area contributed by atoms with Gasteiger partial charge in [-0.1, -0.05) is 302 Å². The lowest BCUT2D eigenvalue weighted by Gasteiger charge is -2.25. The number of hydrogen-bond acceptors (Lipinski definition) is 7. The number of carbonyl (C=O) groups excluding carboxylic acids is 2. The maximum absolute atomic E-state index is 12.9. The van der Waals surface area contributed by atoms with Gasteiger partial charge in [-0.05, 0) is 103 Å². The molecule has 0 aromatic rings. The average molecular weight is 1210 g/mol. The molecule has 0 aliphatic rings. The Morgan fingerprint density at radius 3 is 0.920 bits per heavy atom. The van der Waals surface area contributed by atoms with E-state index in [1.165, 1.54) is 154 Å². The summed E-state index contributed by atoms with van der Waals surface area (Å²) in [5.74, 6) is -2.01. The van der Waals surface area contributed by atoms with Crippen LogP contribution in [0.2, 0.25) is 0 Å². The first-order valence-electron chi connectivity index (χ1n) is 35.7. The number of hydrogen-bond donors (Lipinski definition) is 1. The molecule has 0 rings (SSSR count). The maximum atomic E-state index is 12.9. The largest absolute Gasteiger partial charge is 0.477 e. The Morgan fingerprint density at radius 2 is 0.621 bits per heavy atom.